The van der Waals surface area contributed by atoms with Crippen molar-refractivity contribution >= 4 is 12.0 Å². The number of hydrogen-bond donors (Lipinski definition) is 1. The van der Waals surface area contributed by atoms with Crippen LogP contribution in [-0.4, -0.2) is 11.1 Å². The lowest BCUT2D eigenvalue weighted by atomic mass is 10.2. The summed E-state index contributed by atoms with van der Waals surface area (Å²) in [5.74, 6) is -1.35. The molecule has 0 aliphatic carbocycles. The zero-order valence-corrected chi connectivity index (χ0v) is 6.20. The molecule has 0 saturated heterocycles. The van der Waals surface area contributed by atoms with E-state index in [-0.39, 0.29) is 5.82 Å². The number of hydrogen-bond acceptors (Lipinski definition) is 1. The standard InChI is InChI=1S/C9H7FO2/c10-8-4-1-7(2-5-8)3-6-9(11)12/h1-6H,(H,11,12)/b6-3+/i9+1. The SMILES string of the molecule is O=[13C](O)/C=C/c1ccc(F)cc1. The second kappa shape index (κ2) is 3.67. The number of rotatable bonds is 2. The van der Waals surface area contributed by atoms with Crippen LogP contribution in [-0.2, 0) is 4.79 Å². The molecule has 0 fully saturated rings. The van der Waals surface area contributed by atoms with Crippen molar-refractivity contribution in [2.24, 2.45) is 0 Å². The number of carbonyl (C=O) groups is 1. The van der Waals surface area contributed by atoms with Gasteiger partial charge < -0.3 is 5.11 Å². The number of carboxylic acids is 1. The van der Waals surface area contributed by atoms with E-state index in [2.05, 4.69) is 0 Å². The van der Waals surface area contributed by atoms with Crippen LogP contribution in [0.3, 0.4) is 0 Å². The lowest BCUT2D eigenvalue weighted by molar-refractivity contribution is -0.131. The normalized spacial score (nSPS) is 10.4. The molecule has 0 heterocycles. The maximum absolute atomic E-state index is 12.3. The van der Waals surface area contributed by atoms with Gasteiger partial charge in [-0.3, -0.25) is 0 Å². The largest absolute Gasteiger partial charge is 0.478 e. The highest BCUT2D eigenvalue weighted by Crippen LogP contribution is 2.03. The summed E-state index contributed by atoms with van der Waals surface area (Å²) in [4.78, 5) is 10.1. The summed E-state index contributed by atoms with van der Waals surface area (Å²) in [5, 5.41) is 8.27. The molecule has 0 aliphatic heterocycles. The number of aliphatic carboxylic acids is 1. The van der Waals surface area contributed by atoms with E-state index in [1.54, 1.807) is 0 Å². The van der Waals surface area contributed by atoms with Crippen LogP contribution in [0.2, 0.25) is 0 Å². The van der Waals surface area contributed by atoms with E-state index < -0.39 is 5.97 Å². The molecule has 0 unspecified atom stereocenters. The van der Waals surface area contributed by atoms with Crippen molar-refractivity contribution < 1.29 is 14.3 Å². The molecular formula is C9H7FO2. The first-order valence-electron chi connectivity index (χ1n) is 3.35. The topological polar surface area (TPSA) is 37.3 Å². The third-order valence-electron chi connectivity index (χ3n) is 1.29. The van der Waals surface area contributed by atoms with Gasteiger partial charge in [0.2, 0.25) is 0 Å². The zero-order valence-electron chi connectivity index (χ0n) is 6.20. The van der Waals surface area contributed by atoms with Crippen molar-refractivity contribution in [2.45, 2.75) is 0 Å². The van der Waals surface area contributed by atoms with Gasteiger partial charge in [-0.05, 0) is 23.8 Å². The Hall–Kier alpha value is -1.64. The first kappa shape index (κ1) is 8.46. The van der Waals surface area contributed by atoms with Crippen molar-refractivity contribution in [1.82, 2.24) is 0 Å². The van der Waals surface area contributed by atoms with Gasteiger partial charge >= 0.3 is 5.97 Å². The van der Waals surface area contributed by atoms with Gasteiger partial charge in [0.15, 0.2) is 0 Å². The second-order valence-corrected chi connectivity index (χ2v) is 2.22. The van der Waals surface area contributed by atoms with E-state index in [0.717, 1.165) is 6.08 Å². The number of carboxylic acid groups (broad SMARTS) is 1. The number of halogens is 1. The lowest BCUT2D eigenvalue weighted by Crippen LogP contribution is -1.85. The fraction of sp³-hybridized carbons (Fsp3) is 0. The Balaban J connectivity index is 2.77. The van der Waals surface area contributed by atoms with Crippen LogP contribution in [0.5, 0.6) is 0 Å². The maximum atomic E-state index is 12.3. The summed E-state index contributed by atoms with van der Waals surface area (Å²) in [6, 6.07) is 5.58. The average Bonchev–Trinajstić information content (AvgIpc) is 2.03. The molecule has 0 bridgehead atoms. The molecule has 2 nitrogen and oxygen atoms in total. The van der Waals surface area contributed by atoms with E-state index in [9.17, 15) is 9.18 Å². The van der Waals surface area contributed by atoms with Crippen LogP contribution >= 0.6 is 0 Å². The van der Waals surface area contributed by atoms with Crippen LogP contribution in [0, 0.1) is 5.82 Å². The minimum Gasteiger partial charge on any atom is -0.478 e. The molecule has 12 heavy (non-hydrogen) atoms. The van der Waals surface area contributed by atoms with Crippen LogP contribution in [0.1, 0.15) is 5.56 Å². The van der Waals surface area contributed by atoms with Gasteiger partial charge in [0.1, 0.15) is 5.82 Å². The van der Waals surface area contributed by atoms with Crippen molar-refractivity contribution in [3.63, 3.8) is 0 Å². The maximum Gasteiger partial charge on any atom is 0.328 e. The van der Waals surface area contributed by atoms with Crippen LogP contribution in [0.15, 0.2) is 30.3 Å². The molecule has 0 aliphatic rings. The summed E-state index contributed by atoms with van der Waals surface area (Å²) >= 11 is 0. The summed E-state index contributed by atoms with van der Waals surface area (Å²) in [7, 11) is 0. The Labute approximate surface area is 69.0 Å². The van der Waals surface area contributed by atoms with Crippen LogP contribution < -0.4 is 0 Å². The Morgan fingerprint density at radius 1 is 1.33 bits per heavy atom. The van der Waals surface area contributed by atoms with Gasteiger partial charge in [-0.15, -0.1) is 0 Å². The molecule has 62 valence electrons. The summed E-state index contributed by atoms with van der Waals surface area (Å²) < 4.78 is 12.3. The van der Waals surface area contributed by atoms with Crippen molar-refractivity contribution in [2.75, 3.05) is 0 Å². The fourth-order valence-corrected chi connectivity index (χ4v) is 0.741. The van der Waals surface area contributed by atoms with E-state index in [4.69, 9.17) is 5.11 Å². The highest BCUT2D eigenvalue weighted by atomic mass is 19.1. The average molecular weight is 167 g/mol. The predicted octanol–water partition coefficient (Wildman–Crippen LogP) is 1.92. The van der Waals surface area contributed by atoms with E-state index >= 15 is 0 Å². The highest BCUT2D eigenvalue weighted by Gasteiger charge is 1.90. The third-order valence-corrected chi connectivity index (χ3v) is 1.29. The summed E-state index contributed by atoms with van der Waals surface area (Å²) in [6.45, 7) is 0. The Morgan fingerprint density at radius 3 is 2.42 bits per heavy atom. The minimum atomic E-state index is -1.01. The molecule has 1 rings (SSSR count). The Kier molecular flexibility index (Phi) is 2.58. The van der Waals surface area contributed by atoms with Gasteiger partial charge in [-0.2, -0.15) is 0 Å². The van der Waals surface area contributed by atoms with Crippen molar-refractivity contribution in [3.05, 3.63) is 41.7 Å². The monoisotopic (exact) mass is 167 g/mol. The summed E-state index contributed by atoms with van der Waals surface area (Å²) in [6.07, 6.45) is 2.41. The van der Waals surface area contributed by atoms with E-state index in [0.29, 0.717) is 5.56 Å². The molecule has 1 N–H and O–H groups in total. The Bertz CT molecular complexity index is 301. The third kappa shape index (κ3) is 2.54. The molecule has 0 atom stereocenters. The van der Waals surface area contributed by atoms with Crippen LogP contribution in [0.4, 0.5) is 4.39 Å². The smallest absolute Gasteiger partial charge is 0.328 e. The zero-order chi connectivity index (χ0) is 8.97. The first-order chi connectivity index (χ1) is 5.68. The Morgan fingerprint density at radius 2 is 1.92 bits per heavy atom. The lowest BCUT2D eigenvalue weighted by Gasteiger charge is -1.90. The molecule has 0 radical (unpaired) electrons. The molecule has 0 spiro atoms. The van der Waals surface area contributed by atoms with Crippen LogP contribution in [0.25, 0.3) is 6.08 Å². The van der Waals surface area contributed by atoms with Crippen molar-refractivity contribution in [1.29, 1.82) is 0 Å². The summed E-state index contributed by atoms with van der Waals surface area (Å²) in [5.41, 5.74) is 0.666. The quantitative estimate of drug-likeness (QED) is 0.539. The van der Waals surface area contributed by atoms with Crippen molar-refractivity contribution in [3.8, 4) is 0 Å². The highest BCUT2D eigenvalue weighted by molar-refractivity contribution is 5.85. The molecule has 1 aromatic rings. The van der Waals surface area contributed by atoms with Gasteiger partial charge in [0.05, 0.1) is 0 Å². The fourth-order valence-electron chi connectivity index (χ4n) is 0.741. The molecule has 1 aromatic carbocycles. The van der Waals surface area contributed by atoms with Gasteiger partial charge in [0.25, 0.3) is 0 Å². The van der Waals surface area contributed by atoms with Gasteiger partial charge in [0, 0.05) is 6.08 Å². The van der Waals surface area contributed by atoms with E-state index in [1.165, 1.54) is 30.3 Å². The second-order valence-electron chi connectivity index (χ2n) is 2.22. The van der Waals surface area contributed by atoms with Gasteiger partial charge in [-0.25, -0.2) is 9.18 Å². The minimum absolute atomic E-state index is 0.331. The molecule has 0 saturated carbocycles. The molecular weight excluding hydrogens is 160 g/mol. The van der Waals surface area contributed by atoms with Gasteiger partial charge in [-0.1, -0.05) is 12.1 Å². The van der Waals surface area contributed by atoms with E-state index in [1.807, 2.05) is 0 Å². The number of benzene rings is 1. The first-order valence-corrected chi connectivity index (χ1v) is 3.35. The molecule has 3 heteroatoms. The predicted molar refractivity (Wildman–Crippen MR) is 43.1 cm³/mol. The molecule has 0 aromatic heterocycles. The molecule has 0 amide bonds.